The van der Waals surface area contributed by atoms with Gasteiger partial charge in [0, 0.05) is 11.6 Å². The number of carbonyl (C=O) groups is 1. The lowest BCUT2D eigenvalue weighted by Crippen LogP contribution is -1.99. The van der Waals surface area contributed by atoms with Gasteiger partial charge in [0.05, 0.1) is 17.6 Å². The van der Waals surface area contributed by atoms with Gasteiger partial charge in [0.2, 0.25) is 0 Å². The van der Waals surface area contributed by atoms with Gasteiger partial charge in [0.25, 0.3) is 0 Å². The maximum absolute atomic E-state index is 10.8. The van der Waals surface area contributed by atoms with Gasteiger partial charge in [-0.25, -0.2) is 9.67 Å². The van der Waals surface area contributed by atoms with E-state index in [9.17, 15) is 4.79 Å². The molecule has 0 bridgehead atoms. The van der Waals surface area contributed by atoms with Crippen LogP contribution >= 0.6 is 0 Å². The first-order valence-corrected chi connectivity index (χ1v) is 8.34. The summed E-state index contributed by atoms with van der Waals surface area (Å²) in [7, 11) is 0. The van der Waals surface area contributed by atoms with E-state index in [-0.39, 0.29) is 6.42 Å². The highest BCUT2D eigenvalue weighted by molar-refractivity contribution is 5.87. The fraction of sp³-hybridized carbons (Fsp3) is 0.0952. The molecule has 0 aliphatic rings. The molecule has 4 aromatic rings. The number of fused-ring (bicyclic) bond motifs is 1. The Hall–Kier alpha value is -3.47. The zero-order valence-electron chi connectivity index (χ0n) is 14.3. The van der Waals surface area contributed by atoms with Crippen LogP contribution in [-0.4, -0.2) is 25.8 Å². The molecule has 0 unspecified atom stereocenters. The Morgan fingerprint density at radius 3 is 2.50 bits per heavy atom. The standard InChI is InChI=1S/C21H17N3O2/c1-14-18-10-9-17(16-7-5-15(6-8-16)12-21(25)26)13-19(18)24(23-14)20-4-2-3-11-22-20/h2-11,13H,12H2,1H3,(H,25,26). The van der Waals surface area contributed by atoms with E-state index in [1.165, 1.54) is 0 Å². The summed E-state index contributed by atoms with van der Waals surface area (Å²) in [6.45, 7) is 1.99. The summed E-state index contributed by atoms with van der Waals surface area (Å²) in [6, 6.07) is 19.6. The summed E-state index contributed by atoms with van der Waals surface area (Å²) >= 11 is 0. The summed E-state index contributed by atoms with van der Waals surface area (Å²) in [6.07, 6.45) is 1.79. The number of carboxylic acids is 1. The number of aryl methyl sites for hydroxylation is 1. The van der Waals surface area contributed by atoms with Gasteiger partial charge < -0.3 is 5.11 Å². The van der Waals surface area contributed by atoms with Crippen LogP contribution in [0.5, 0.6) is 0 Å². The van der Waals surface area contributed by atoms with Gasteiger partial charge in [-0.1, -0.05) is 42.5 Å². The second-order valence-corrected chi connectivity index (χ2v) is 6.18. The lowest BCUT2D eigenvalue weighted by Gasteiger charge is -2.06. The number of benzene rings is 2. The summed E-state index contributed by atoms with van der Waals surface area (Å²) in [5, 5.41) is 14.6. The van der Waals surface area contributed by atoms with Crippen molar-refractivity contribution in [1.82, 2.24) is 14.8 Å². The summed E-state index contributed by atoms with van der Waals surface area (Å²) in [5.41, 5.74) is 4.82. The van der Waals surface area contributed by atoms with Crippen LogP contribution in [0.3, 0.4) is 0 Å². The van der Waals surface area contributed by atoms with Crippen LogP contribution in [0, 0.1) is 6.92 Å². The van der Waals surface area contributed by atoms with Crippen LogP contribution in [0.4, 0.5) is 0 Å². The number of aliphatic carboxylic acids is 1. The molecule has 5 heteroatoms. The molecule has 1 N–H and O–H groups in total. The first kappa shape index (κ1) is 16.0. The van der Waals surface area contributed by atoms with Gasteiger partial charge in [-0.05, 0) is 41.8 Å². The van der Waals surface area contributed by atoms with E-state index < -0.39 is 5.97 Å². The number of pyridine rings is 1. The van der Waals surface area contributed by atoms with Crippen molar-refractivity contribution >= 4 is 16.9 Å². The maximum atomic E-state index is 10.8. The summed E-state index contributed by atoms with van der Waals surface area (Å²) in [4.78, 5) is 15.2. The summed E-state index contributed by atoms with van der Waals surface area (Å²) in [5.74, 6) is -0.0477. The third-order valence-electron chi connectivity index (χ3n) is 4.37. The number of nitrogens with zero attached hydrogens (tertiary/aromatic N) is 3. The van der Waals surface area contributed by atoms with Crippen molar-refractivity contribution in [3.8, 4) is 16.9 Å². The lowest BCUT2D eigenvalue weighted by atomic mass is 10.0. The van der Waals surface area contributed by atoms with E-state index in [2.05, 4.69) is 28.3 Å². The zero-order valence-corrected chi connectivity index (χ0v) is 14.3. The Morgan fingerprint density at radius 2 is 1.81 bits per heavy atom. The van der Waals surface area contributed by atoms with Crippen LogP contribution in [0.25, 0.3) is 27.8 Å². The summed E-state index contributed by atoms with van der Waals surface area (Å²) < 4.78 is 1.85. The average molecular weight is 343 g/mol. The van der Waals surface area contributed by atoms with Crippen molar-refractivity contribution in [3.63, 3.8) is 0 Å². The quantitative estimate of drug-likeness (QED) is 0.607. The third kappa shape index (κ3) is 2.95. The van der Waals surface area contributed by atoms with E-state index in [1.54, 1.807) is 6.20 Å². The number of carboxylic acid groups (broad SMARTS) is 1. The second kappa shape index (κ2) is 6.44. The van der Waals surface area contributed by atoms with Gasteiger partial charge in [-0.2, -0.15) is 5.10 Å². The maximum Gasteiger partial charge on any atom is 0.307 e. The normalized spacial score (nSPS) is 11.0. The molecule has 0 aliphatic carbocycles. The monoisotopic (exact) mass is 343 g/mol. The largest absolute Gasteiger partial charge is 0.481 e. The number of aromatic nitrogens is 3. The van der Waals surface area contributed by atoms with Crippen molar-refractivity contribution in [2.24, 2.45) is 0 Å². The molecule has 128 valence electrons. The van der Waals surface area contributed by atoms with Crippen molar-refractivity contribution < 1.29 is 9.90 Å². The van der Waals surface area contributed by atoms with Crippen molar-refractivity contribution in [2.45, 2.75) is 13.3 Å². The van der Waals surface area contributed by atoms with E-state index in [0.29, 0.717) is 0 Å². The van der Waals surface area contributed by atoms with E-state index in [1.807, 2.05) is 54.1 Å². The van der Waals surface area contributed by atoms with Crippen LogP contribution in [-0.2, 0) is 11.2 Å². The van der Waals surface area contributed by atoms with Crippen molar-refractivity contribution in [3.05, 3.63) is 78.1 Å². The van der Waals surface area contributed by atoms with Gasteiger partial charge in [-0.3, -0.25) is 4.79 Å². The number of rotatable bonds is 4. The van der Waals surface area contributed by atoms with Gasteiger partial charge in [0.1, 0.15) is 0 Å². The topological polar surface area (TPSA) is 68.0 Å². The Morgan fingerprint density at radius 1 is 1.04 bits per heavy atom. The fourth-order valence-electron chi connectivity index (χ4n) is 3.09. The highest BCUT2D eigenvalue weighted by atomic mass is 16.4. The molecular weight excluding hydrogens is 326 g/mol. The molecule has 26 heavy (non-hydrogen) atoms. The molecule has 0 fully saturated rings. The van der Waals surface area contributed by atoms with Crippen LogP contribution in [0.1, 0.15) is 11.3 Å². The molecular formula is C21H17N3O2. The number of hydrogen-bond donors (Lipinski definition) is 1. The van der Waals surface area contributed by atoms with Crippen molar-refractivity contribution in [1.29, 1.82) is 0 Å². The predicted octanol–water partition coefficient (Wildman–Crippen LogP) is 4.02. The highest BCUT2D eigenvalue weighted by Gasteiger charge is 2.11. The predicted molar refractivity (Wildman–Crippen MR) is 100 cm³/mol. The molecule has 0 aliphatic heterocycles. The fourth-order valence-corrected chi connectivity index (χ4v) is 3.09. The first-order chi connectivity index (χ1) is 12.6. The minimum absolute atomic E-state index is 0.0327. The molecule has 2 aromatic carbocycles. The first-order valence-electron chi connectivity index (χ1n) is 8.34. The molecule has 5 nitrogen and oxygen atoms in total. The average Bonchev–Trinajstić information content (AvgIpc) is 2.99. The molecule has 2 heterocycles. The Kier molecular flexibility index (Phi) is 3.97. The molecule has 0 saturated carbocycles. The Balaban J connectivity index is 1.79. The van der Waals surface area contributed by atoms with Gasteiger partial charge in [0.15, 0.2) is 5.82 Å². The zero-order chi connectivity index (χ0) is 18.1. The van der Waals surface area contributed by atoms with E-state index in [0.717, 1.165) is 39.1 Å². The molecule has 0 radical (unpaired) electrons. The lowest BCUT2D eigenvalue weighted by molar-refractivity contribution is -0.136. The Labute approximate surface area is 150 Å². The SMILES string of the molecule is Cc1nn(-c2ccccn2)c2cc(-c3ccc(CC(=O)O)cc3)ccc12. The molecule has 0 saturated heterocycles. The number of hydrogen-bond acceptors (Lipinski definition) is 3. The van der Waals surface area contributed by atoms with Gasteiger partial charge in [-0.15, -0.1) is 0 Å². The Bertz CT molecular complexity index is 1080. The molecule has 0 spiro atoms. The molecule has 2 aromatic heterocycles. The smallest absolute Gasteiger partial charge is 0.307 e. The molecule has 0 atom stereocenters. The van der Waals surface area contributed by atoms with E-state index in [4.69, 9.17) is 5.11 Å². The van der Waals surface area contributed by atoms with Crippen LogP contribution in [0.2, 0.25) is 0 Å². The minimum Gasteiger partial charge on any atom is -0.481 e. The third-order valence-corrected chi connectivity index (χ3v) is 4.37. The highest BCUT2D eigenvalue weighted by Crippen LogP contribution is 2.27. The van der Waals surface area contributed by atoms with Crippen LogP contribution < -0.4 is 0 Å². The second-order valence-electron chi connectivity index (χ2n) is 6.18. The van der Waals surface area contributed by atoms with Gasteiger partial charge >= 0.3 is 5.97 Å². The minimum atomic E-state index is -0.825. The van der Waals surface area contributed by atoms with Crippen LogP contribution in [0.15, 0.2) is 66.9 Å². The van der Waals surface area contributed by atoms with E-state index >= 15 is 0 Å². The molecule has 4 rings (SSSR count). The van der Waals surface area contributed by atoms with Crippen molar-refractivity contribution in [2.75, 3.05) is 0 Å². The molecule has 0 amide bonds.